The lowest BCUT2D eigenvalue weighted by molar-refractivity contribution is -0.0311. The number of ether oxygens (including phenoxy) is 1. The summed E-state index contributed by atoms with van der Waals surface area (Å²) in [6.45, 7) is 4.23. The Kier molecular flexibility index (Phi) is 5.50. The second-order valence-corrected chi connectivity index (χ2v) is 7.85. The molecule has 4 nitrogen and oxygen atoms in total. The summed E-state index contributed by atoms with van der Waals surface area (Å²) in [5.41, 5.74) is 1.14. The van der Waals surface area contributed by atoms with Gasteiger partial charge in [-0.05, 0) is 62.5 Å². The number of hydrogen-bond acceptors (Lipinski definition) is 3. The van der Waals surface area contributed by atoms with Gasteiger partial charge in [0, 0.05) is 23.9 Å². The molecule has 5 rings (SSSR count). The van der Waals surface area contributed by atoms with Gasteiger partial charge in [0.1, 0.15) is 11.9 Å². The summed E-state index contributed by atoms with van der Waals surface area (Å²) in [5, 5.41) is 0. The first-order valence-corrected chi connectivity index (χ1v) is 9.81. The molecule has 3 saturated heterocycles. The molecule has 2 aromatic carbocycles. The molecule has 0 N–H and O–H groups in total. The smallest absolute Gasteiger partial charge is 0.414 e. The van der Waals surface area contributed by atoms with Crippen LogP contribution in [-0.2, 0) is 11.3 Å². The van der Waals surface area contributed by atoms with Gasteiger partial charge in [0.25, 0.3) is 0 Å². The van der Waals surface area contributed by atoms with E-state index in [0.717, 1.165) is 37.6 Å². The van der Waals surface area contributed by atoms with Gasteiger partial charge in [-0.2, -0.15) is 0 Å². The molecule has 1 atom stereocenters. The van der Waals surface area contributed by atoms with Gasteiger partial charge in [0.2, 0.25) is 0 Å². The summed E-state index contributed by atoms with van der Waals surface area (Å²) in [4.78, 5) is 16.6. The first-order chi connectivity index (χ1) is 13.9. The third-order valence-corrected chi connectivity index (χ3v) is 5.78. The van der Waals surface area contributed by atoms with Crippen molar-refractivity contribution in [3.05, 3.63) is 65.0 Å². The predicted molar refractivity (Wildman–Crippen MR) is 103 cm³/mol. The summed E-state index contributed by atoms with van der Waals surface area (Å²) in [6.07, 6.45) is 1.09. The third kappa shape index (κ3) is 4.24. The molecular weight excluding hydrogens is 381 g/mol. The van der Waals surface area contributed by atoms with Crippen molar-refractivity contribution in [1.82, 2.24) is 4.90 Å². The van der Waals surface area contributed by atoms with Crippen molar-refractivity contribution in [2.45, 2.75) is 32.4 Å². The minimum Gasteiger partial charge on any atom is -0.444 e. The van der Waals surface area contributed by atoms with E-state index in [1.807, 2.05) is 13.0 Å². The van der Waals surface area contributed by atoms with E-state index in [2.05, 4.69) is 4.90 Å². The average molecular weight is 404 g/mol. The molecule has 1 amide bonds. The van der Waals surface area contributed by atoms with E-state index >= 15 is 0 Å². The number of benzene rings is 2. The Labute approximate surface area is 167 Å². The standard InChI is InChI=1S/C22H23F3N2O2/c1-14-3-2-4-18(9-14)27(12-16-10-17(23)11-19(24)21(16)25)22(28)29-20-13-26-7-5-15(20)6-8-26/h2-4,9-11,15,20H,5-8,12-13H2,1H3/t20-/m0/s1. The zero-order valence-electron chi connectivity index (χ0n) is 16.2. The van der Waals surface area contributed by atoms with Crippen LogP contribution in [0.3, 0.4) is 0 Å². The van der Waals surface area contributed by atoms with Crippen molar-refractivity contribution in [2.24, 2.45) is 5.92 Å². The van der Waals surface area contributed by atoms with Gasteiger partial charge in [-0.3, -0.25) is 9.80 Å². The summed E-state index contributed by atoms with van der Waals surface area (Å²) in [5.74, 6) is -3.03. The number of piperidine rings is 3. The van der Waals surface area contributed by atoms with E-state index in [1.165, 1.54) is 4.90 Å². The van der Waals surface area contributed by atoms with Gasteiger partial charge in [0.15, 0.2) is 11.6 Å². The predicted octanol–water partition coefficient (Wildman–Crippen LogP) is 4.65. The van der Waals surface area contributed by atoms with Gasteiger partial charge in [0.05, 0.1) is 6.54 Å². The molecule has 154 valence electrons. The summed E-state index contributed by atoms with van der Waals surface area (Å²) < 4.78 is 47.4. The number of amides is 1. The molecule has 0 unspecified atom stereocenters. The third-order valence-electron chi connectivity index (χ3n) is 5.78. The SMILES string of the molecule is Cc1cccc(N(Cc2cc(F)cc(F)c2F)C(=O)O[C@H]2CN3CCC2CC3)c1. The van der Waals surface area contributed by atoms with Crippen LogP contribution >= 0.6 is 0 Å². The van der Waals surface area contributed by atoms with Crippen LogP contribution < -0.4 is 4.90 Å². The average Bonchev–Trinajstić information content (AvgIpc) is 2.70. The molecule has 0 spiro atoms. The largest absolute Gasteiger partial charge is 0.444 e. The van der Waals surface area contributed by atoms with Crippen molar-refractivity contribution in [3.63, 3.8) is 0 Å². The minimum atomic E-state index is -1.28. The van der Waals surface area contributed by atoms with E-state index in [0.29, 0.717) is 24.2 Å². The zero-order chi connectivity index (χ0) is 20.5. The molecule has 0 radical (unpaired) electrons. The lowest BCUT2D eigenvalue weighted by Gasteiger charge is -2.44. The Morgan fingerprint density at radius 1 is 1.17 bits per heavy atom. The number of rotatable bonds is 4. The Morgan fingerprint density at radius 3 is 2.59 bits per heavy atom. The molecular formula is C22H23F3N2O2. The van der Waals surface area contributed by atoms with Crippen LogP contribution in [0.5, 0.6) is 0 Å². The molecule has 3 heterocycles. The fourth-order valence-corrected chi connectivity index (χ4v) is 4.19. The Balaban J connectivity index is 1.61. The van der Waals surface area contributed by atoms with Crippen LogP contribution in [-0.4, -0.2) is 36.7 Å². The monoisotopic (exact) mass is 404 g/mol. The number of fused-ring (bicyclic) bond motifs is 3. The Hall–Kier alpha value is -2.54. The molecule has 2 bridgehead atoms. The van der Waals surface area contributed by atoms with Gasteiger partial charge >= 0.3 is 6.09 Å². The summed E-state index contributed by atoms with van der Waals surface area (Å²) >= 11 is 0. The van der Waals surface area contributed by atoms with Crippen LogP contribution in [0.1, 0.15) is 24.0 Å². The molecule has 2 aromatic rings. The quantitative estimate of drug-likeness (QED) is 0.696. The zero-order valence-corrected chi connectivity index (χ0v) is 16.2. The number of anilines is 1. The molecule has 29 heavy (non-hydrogen) atoms. The maximum atomic E-state index is 14.3. The Morgan fingerprint density at radius 2 is 1.93 bits per heavy atom. The van der Waals surface area contributed by atoms with E-state index in [4.69, 9.17) is 4.74 Å². The number of carbonyl (C=O) groups excluding carboxylic acids is 1. The first-order valence-electron chi connectivity index (χ1n) is 9.81. The number of halogens is 3. The van der Waals surface area contributed by atoms with Gasteiger partial charge in [-0.1, -0.05) is 12.1 Å². The topological polar surface area (TPSA) is 32.8 Å². The number of nitrogens with zero attached hydrogens (tertiary/aromatic N) is 2. The molecule has 3 fully saturated rings. The fourth-order valence-electron chi connectivity index (χ4n) is 4.19. The fraction of sp³-hybridized carbons (Fsp3) is 0.409. The van der Waals surface area contributed by atoms with E-state index in [1.54, 1.807) is 18.2 Å². The minimum absolute atomic E-state index is 0.230. The second-order valence-electron chi connectivity index (χ2n) is 7.85. The van der Waals surface area contributed by atoms with Crippen LogP contribution in [0.4, 0.5) is 23.7 Å². The highest BCUT2D eigenvalue weighted by Crippen LogP contribution is 2.31. The molecule has 7 heteroatoms. The first kappa shape index (κ1) is 19.8. The van der Waals surface area contributed by atoms with Crippen molar-refractivity contribution in [2.75, 3.05) is 24.5 Å². The number of carbonyl (C=O) groups is 1. The van der Waals surface area contributed by atoms with E-state index < -0.39 is 23.5 Å². The van der Waals surface area contributed by atoms with Gasteiger partial charge in [-0.15, -0.1) is 0 Å². The van der Waals surface area contributed by atoms with Crippen LogP contribution in [0.15, 0.2) is 36.4 Å². The van der Waals surface area contributed by atoms with Crippen molar-refractivity contribution in [3.8, 4) is 0 Å². The van der Waals surface area contributed by atoms with Crippen LogP contribution in [0, 0.1) is 30.3 Å². The molecule has 0 aromatic heterocycles. The lowest BCUT2D eigenvalue weighted by Crippen LogP contribution is -2.53. The highest BCUT2D eigenvalue weighted by atomic mass is 19.2. The highest BCUT2D eigenvalue weighted by molar-refractivity contribution is 5.87. The van der Waals surface area contributed by atoms with Crippen molar-refractivity contribution >= 4 is 11.8 Å². The molecule has 0 saturated carbocycles. The van der Waals surface area contributed by atoms with E-state index in [-0.39, 0.29) is 18.2 Å². The maximum Gasteiger partial charge on any atom is 0.414 e. The van der Waals surface area contributed by atoms with E-state index in [9.17, 15) is 18.0 Å². The molecule has 0 aliphatic carbocycles. The summed E-state index contributed by atoms with van der Waals surface area (Å²) in [7, 11) is 0. The van der Waals surface area contributed by atoms with Crippen LogP contribution in [0.2, 0.25) is 0 Å². The molecule has 3 aliphatic heterocycles. The van der Waals surface area contributed by atoms with Crippen molar-refractivity contribution in [1.29, 1.82) is 0 Å². The molecule has 3 aliphatic rings. The van der Waals surface area contributed by atoms with Gasteiger partial charge in [-0.25, -0.2) is 18.0 Å². The van der Waals surface area contributed by atoms with Gasteiger partial charge < -0.3 is 4.74 Å². The Bertz CT molecular complexity index is 913. The summed E-state index contributed by atoms with van der Waals surface area (Å²) in [6, 6.07) is 8.47. The van der Waals surface area contributed by atoms with Crippen molar-refractivity contribution < 1.29 is 22.7 Å². The lowest BCUT2D eigenvalue weighted by atomic mass is 9.86. The highest BCUT2D eigenvalue weighted by Gasteiger charge is 2.37. The number of aryl methyl sites for hydroxylation is 1. The maximum absolute atomic E-state index is 14.3. The second kappa shape index (κ2) is 8.06. The van der Waals surface area contributed by atoms with Crippen LogP contribution in [0.25, 0.3) is 0 Å². The number of hydrogen-bond donors (Lipinski definition) is 0. The normalized spacial score (nSPS) is 23.1.